The summed E-state index contributed by atoms with van der Waals surface area (Å²) in [5.41, 5.74) is 0. The van der Waals surface area contributed by atoms with Crippen molar-refractivity contribution < 1.29 is 19.8 Å². The minimum Gasteiger partial charge on any atom is -0.480 e. The van der Waals surface area contributed by atoms with Crippen molar-refractivity contribution in [2.75, 3.05) is 6.61 Å². The maximum absolute atomic E-state index is 11.5. The SMILES string of the molecule is CCCCC/C=C\C/C=C\C/C=C\CCCCC(=O)N[C@@H](CO)C(=O)O. The molecule has 0 aromatic heterocycles. The molecule has 0 aliphatic rings. The number of carbonyl (C=O) groups is 2. The van der Waals surface area contributed by atoms with Crippen LogP contribution in [0, 0.1) is 0 Å². The van der Waals surface area contributed by atoms with Crippen molar-refractivity contribution in [2.45, 2.75) is 77.2 Å². The van der Waals surface area contributed by atoms with Crippen LogP contribution in [0.15, 0.2) is 36.5 Å². The molecule has 5 nitrogen and oxygen atoms in total. The van der Waals surface area contributed by atoms with Gasteiger partial charge in [0.05, 0.1) is 6.61 Å². The zero-order valence-corrected chi connectivity index (χ0v) is 16.0. The molecule has 0 saturated carbocycles. The Morgan fingerprint density at radius 3 is 1.92 bits per heavy atom. The number of carbonyl (C=O) groups excluding carboxylic acids is 1. The summed E-state index contributed by atoms with van der Waals surface area (Å²) in [5, 5.41) is 19.9. The van der Waals surface area contributed by atoms with Crippen LogP contribution in [0.5, 0.6) is 0 Å². The Hall–Kier alpha value is -1.88. The van der Waals surface area contributed by atoms with Crippen LogP contribution < -0.4 is 5.32 Å². The molecule has 5 heteroatoms. The summed E-state index contributed by atoms with van der Waals surface area (Å²) in [5.74, 6) is -1.55. The van der Waals surface area contributed by atoms with E-state index in [1.165, 1.54) is 25.7 Å². The molecule has 0 saturated heterocycles. The number of aliphatic hydroxyl groups excluding tert-OH is 1. The highest BCUT2D eigenvalue weighted by molar-refractivity contribution is 5.83. The molecular weight excluding hydrogens is 330 g/mol. The van der Waals surface area contributed by atoms with E-state index in [2.05, 4.69) is 48.7 Å². The van der Waals surface area contributed by atoms with Gasteiger partial charge in [0, 0.05) is 6.42 Å². The molecule has 26 heavy (non-hydrogen) atoms. The monoisotopic (exact) mass is 365 g/mol. The van der Waals surface area contributed by atoms with Gasteiger partial charge >= 0.3 is 5.97 Å². The second kappa shape index (κ2) is 17.9. The lowest BCUT2D eigenvalue weighted by Gasteiger charge is -2.11. The maximum Gasteiger partial charge on any atom is 0.328 e. The molecule has 0 unspecified atom stereocenters. The van der Waals surface area contributed by atoms with E-state index >= 15 is 0 Å². The molecule has 0 aliphatic heterocycles. The van der Waals surface area contributed by atoms with E-state index < -0.39 is 18.6 Å². The van der Waals surface area contributed by atoms with Gasteiger partial charge in [-0.3, -0.25) is 4.79 Å². The van der Waals surface area contributed by atoms with Gasteiger partial charge in [0.25, 0.3) is 0 Å². The van der Waals surface area contributed by atoms with Crippen molar-refractivity contribution in [3.8, 4) is 0 Å². The molecule has 0 aliphatic carbocycles. The van der Waals surface area contributed by atoms with Crippen LogP contribution in [0.1, 0.15) is 71.1 Å². The van der Waals surface area contributed by atoms with Gasteiger partial charge < -0.3 is 15.5 Å². The smallest absolute Gasteiger partial charge is 0.328 e. The third kappa shape index (κ3) is 15.6. The largest absolute Gasteiger partial charge is 0.480 e. The predicted octanol–water partition coefficient (Wildman–Crippen LogP) is 4.14. The third-order valence-corrected chi connectivity index (χ3v) is 3.86. The Labute approximate surface area is 157 Å². The van der Waals surface area contributed by atoms with Crippen molar-refractivity contribution in [2.24, 2.45) is 0 Å². The topological polar surface area (TPSA) is 86.6 Å². The minimum absolute atomic E-state index is 0.280. The first kappa shape index (κ1) is 24.1. The fourth-order valence-electron chi connectivity index (χ4n) is 2.29. The molecule has 0 fully saturated rings. The molecule has 0 spiro atoms. The molecule has 0 radical (unpaired) electrons. The summed E-state index contributed by atoms with van der Waals surface area (Å²) in [6.07, 6.45) is 22.7. The number of allylic oxidation sites excluding steroid dienone is 6. The summed E-state index contributed by atoms with van der Waals surface area (Å²) < 4.78 is 0. The maximum atomic E-state index is 11.5. The van der Waals surface area contributed by atoms with Gasteiger partial charge in [-0.2, -0.15) is 0 Å². The average Bonchev–Trinajstić information content (AvgIpc) is 2.62. The van der Waals surface area contributed by atoms with E-state index in [0.717, 1.165) is 25.7 Å². The number of carboxylic acid groups (broad SMARTS) is 1. The fraction of sp³-hybridized carbons (Fsp3) is 0.619. The number of rotatable bonds is 16. The zero-order chi connectivity index (χ0) is 19.5. The van der Waals surface area contributed by atoms with Crippen LogP contribution in [-0.2, 0) is 9.59 Å². The molecular formula is C21H35NO4. The van der Waals surface area contributed by atoms with Crippen molar-refractivity contribution >= 4 is 11.9 Å². The second-order valence-corrected chi connectivity index (χ2v) is 6.27. The quantitative estimate of drug-likeness (QED) is 0.283. The summed E-state index contributed by atoms with van der Waals surface area (Å²) in [4.78, 5) is 22.2. The number of aliphatic hydroxyl groups is 1. The molecule has 1 amide bonds. The second-order valence-electron chi connectivity index (χ2n) is 6.27. The standard InChI is InChI=1S/C21H35NO4/c1-2-3-4-5-6-7-8-9-10-11-12-13-14-15-16-17-20(24)22-19(18-23)21(25)26/h6-7,9-10,12-13,19,23H,2-5,8,11,14-18H2,1H3,(H,22,24)(H,25,26)/b7-6-,10-9-,13-12-/t19-/m0/s1. The summed E-state index contributed by atoms with van der Waals surface area (Å²) in [6, 6.07) is -1.21. The van der Waals surface area contributed by atoms with Gasteiger partial charge in [0.2, 0.25) is 5.91 Å². The molecule has 3 N–H and O–H groups in total. The minimum atomic E-state index is -1.22. The van der Waals surface area contributed by atoms with E-state index in [0.29, 0.717) is 6.42 Å². The number of carboxylic acids is 1. The Balaban J connectivity index is 3.57. The first-order valence-electron chi connectivity index (χ1n) is 9.69. The number of amides is 1. The molecule has 1 atom stereocenters. The van der Waals surface area contributed by atoms with Crippen molar-refractivity contribution in [3.05, 3.63) is 36.5 Å². The van der Waals surface area contributed by atoms with E-state index in [-0.39, 0.29) is 12.3 Å². The first-order valence-corrected chi connectivity index (χ1v) is 9.69. The van der Waals surface area contributed by atoms with Crippen LogP contribution in [-0.4, -0.2) is 34.7 Å². The Morgan fingerprint density at radius 2 is 1.42 bits per heavy atom. The van der Waals surface area contributed by atoms with Gasteiger partial charge in [-0.15, -0.1) is 0 Å². The Morgan fingerprint density at radius 1 is 0.885 bits per heavy atom. The van der Waals surface area contributed by atoms with Crippen LogP contribution in [0.2, 0.25) is 0 Å². The average molecular weight is 366 g/mol. The van der Waals surface area contributed by atoms with E-state index in [1.54, 1.807) is 0 Å². The van der Waals surface area contributed by atoms with Gasteiger partial charge in [-0.1, -0.05) is 56.2 Å². The van der Waals surface area contributed by atoms with E-state index in [4.69, 9.17) is 10.2 Å². The molecule has 0 heterocycles. The molecule has 0 rings (SSSR count). The number of unbranched alkanes of at least 4 members (excludes halogenated alkanes) is 5. The number of aliphatic carboxylic acids is 1. The van der Waals surface area contributed by atoms with Crippen LogP contribution >= 0.6 is 0 Å². The Bertz CT molecular complexity index is 455. The normalized spacial score (nSPS) is 13.0. The third-order valence-electron chi connectivity index (χ3n) is 3.86. The Kier molecular flexibility index (Phi) is 16.6. The van der Waals surface area contributed by atoms with E-state index in [9.17, 15) is 9.59 Å². The lowest BCUT2D eigenvalue weighted by Crippen LogP contribution is -2.43. The molecule has 0 aromatic rings. The summed E-state index contributed by atoms with van der Waals surface area (Å²) in [6.45, 7) is 1.62. The van der Waals surface area contributed by atoms with Gasteiger partial charge in [0.1, 0.15) is 6.04 Å². The van der Waals surface area contributed by atoms with Crippen LogP contribution in [0.3, 0.4) is 0 Å². The van der Waals surface area contributed by atoms with Crippen molar-refractivity contribution in [1.82, 2.24) is 5.32 Å². The van der Waals surface area contributed by atoms with Gasteiger partial charge in [-0.25, -0.2) is 4.79 Å². The summed E-state index contributed by atoms with van der Waals surface area (Å²) in [7, 11) is 0. The van der Waals surface area contributed by atoms with Crippen molar-refractivity contribution in [3.63, 3.8) is 0 Å². The van der Waals surface area contributed by atoms with Gasteiger partial charge in [-0.05, 0) is 44.9 Å². The van der Waals surface area contributed by atoms with Crippen LogP contribution in [0.4, 0.5) is 0 Å². The summed E-state index contributed by atoms with van der Waals surface area (Å²) >= 11 is 0. The molecule has 148 valence electrons. The number of hydrogen-bond acceptors (Lipinski definition) is 3. The van der Waals surface area contributed by atoms with E-state index in [1.807, 2.05) is 0 Å². The number of hydrogen-bond donors (Lipinski definition) is 3. The van der Waals surface area contributed by atoms with Crippen molar-refractivity contribution in [1.29, 1.82) is 0 Å². The fourth-order valence-corrected chi connectivity index (χ4v) is 2.29. The molecule has 0 bridgehead atoms. The number of nitrogens with one attached hydrogen (secondary N) is 1. The predicted molar refractivity (Wildman–Crippen MR) is 106 cm³/mol. The lowest BCUT2D eigenvalue weighted by molar-refractivity contribution is -0.142. The highest BCUT2D eigenvalue weighted by atomic mass is 16.4. The van der Waals surface area contributed by atoms with Crippen LogP contribution in [0.25, 0.3) is 0 Å². The highest BCUT2D eigenvalue weighted by Crippen LogP contribution is 2.03. The lowest BCUT2D eigenvalue weighted by atomic mass is 10.1. The highest BCUT2D eigenvalue weighted by Gasteiger charge is 2.17. The zero-order valence-electron chi connectivity index (χ0n) is 16.0. The molecule has 0 aromatic carbocycles. The van der Waals surface area contributed by atoms with Gasteiger partial charge in [0.15, 0.2) is 0 Å². The first-order chi connectivity index (χ1) is 12.6.